The fraction of sp³-hybridized carbons (Fsp3) is 0.360. The van der Waals surface area contributed by atoms with Crippen molar-refractivity contribution in [2.45, 2.75) is 39.0 Å². The van der Waals surface area contributed by atoms with Gasteiger partial charge in [-0.15, -0.1) is 0 Å². The van der Waals surface area contributed by atoms with Crippen LogP contribution in [0.5, 0.6) is 0 Å². The van der Waals surface area contributed by atoms with E-state index in [9.17, 15) is 14.0 Å². The van der Waals surface area contributed by atoms with Crippen LogP contribution in [0.4, 0.5) is 10.2 Å². The molecule has 2 amide bonds. The highest BCUT2D eigenvalue weighted by Crippen LogP contribution is 2.30. The van der Waals surface area contributed by atoms with Gasteiger partial charge in [0.1, 0.15) is 11.6 Å². The monoisotopic (exact) mass is 447 g/mol. The van der Waals surface area contributed by atoms with E-state index in [1.54, 1.807) is 34.0 Å². The summed E-state index contributed by atoms with van der Waals surface area (Å²) in [6, 6.07) is 9.83. The second kappa shape index (κ2) is 8.77. The Morgan fingerprint density at radius 1 is 1.09 bits per heavy atom. The summed E-state index contributed by atoms with van der Waals surface area (Å²) in [4.78, 5) is 32.3. The molecule has 3 heterocycles. The van der Waals surface area contributed by atoms with E-state index in [1.807, 2.05) is 13.0 Å². The Kier molecular flexibility index (Phi) is 5.66. The maximum absolute atomic E-state index is 13.5. The molecule has 5 rings (SSSR count). The van der Waals surface area contributed by atoms with Crippen molar-refractivity contribution in [1.82, 2.24) is 19.7 Å². The minimum atomic E-state index is -0.308. The van der Waals surface area contributed by atoms with Gasteiger partial charge in [0.2, 0.25) is 5.91 Å². The SMILES string of the molecule is Cc1ccc(NC(=O)C2CCCN(C(=O)c3nn(-c4ccc(F)cc4)c4c3CCC4)C2)nc1. The first-order valence-electron chi connectivity index (χ1n) is 11.4. The molecule has 0 radical (unpaired) electrons. The highest BCUT2D eigenvalue weighted by Gasteiger charge is 2.33. The van der Waals surface area contributed by atoms with Gasteiger partial charge in [-0.1, -0.05) is 6.07 Å². The van der Waals surface area contributed by atoms with E-state index in [4.69, 9.17) is 0 Å². The summed E-state index contributed by atoms with van der Waals surface area (Å²) < 4.78 is 15.2. The van der Waals surface area contributed by atoms with Crippen LogP contribution in [0.2, 0.25) is 0 Å². The molecule has 1 N–H and O–H groups in total. The number of carbonyl (C=O) groups excluding carboxylic acids is 2. The third-order valence-electron chi connectivity index (χ3n) is 6.45. The van der Waals surface area contributed by atoms with Gasteiger partial charge in [-0.3, -0.25) is 9.59 Å². The van der Waals surface area contributed by atoms with Crippen LogP contribution in [0.1, 0.15) is 46.6 Å². The second-order valence-corrected chi connectivity index (χ2v) is 8.82. The maximum Gasteiger partial charge on any atom is 0.274 e. The van der Waals surface area contributed by atoms with E-state index in [0.717, 1.165) is 54.6 Å². The molecule has 1 fully saturated rings. The highest BCUT2D eigenvalue weighted by molar-refractivity contribution is 5.96. The number of rotatable bonds is 4. The molecule has 0 bridgehead atoms. The van der Waals surface area contributed by atoms with Gasteiger partial charge in [-0.2, -0.15) is 5.10 Å². The van der Waals surface area contributed by atoms with Crippen molar-refractivity contribution in [3.05, 3.63) is 70.9 Å². The molecule has 1 atom stereocenters. The second-order valence-electron chi connectivity index (χ2n) is 8.82. The van der Waals surface area contributed by atoms with Gasteiger partial charge in [0.15, 0.2) is 5.69 Å². The average Bonchev–Trinajstić information content (AvgIpc) is 3.44. The number of piperidine rings is 1. The van der Waals surface area contributed by atoms with Crippen LogP contribution < -0.4 is 5.32 Å². The van der Waals surface area contributed by atoms with Crippen molar-refractivity contribution in [2.75, 3.05) is 18.4 Å². The number of hydrogen-bond donors (Lipinski definition) is 1. The highest BCUT2D eigenvalue weighted by atomic mass is 19.1. The van der Waals surface area contributed by atoms with E-state index >= 15 is 0 Å². The Hall–Kier alpha value is -3.55. The number of fused-ring (bicyclic) bond motifs is 1. The lowest BCUT2D eigenvalue weighted by Crippen LogP contribution is -2.44. The molecule has 1 aliphatic carbocycles. The summed E-state index contributed by atoms with van der Waals surface area (Å²) in [5.74, 6) is -0.342. The first kappa shape index (κ1) is 21.3. The van der Waals surface area contributed by atoms with Crippen LogP contribution in [0, 0.1) is 18.7 Å². The predicted molar refractivity (Wildman–Crippen MR) is 122 cm³/mol. The number of hydrogen-bond acceptors (Lipinski definition) is 4. The molecular weight excluding hydrogens is 421 g/mol. The molecule has 1 aliphatic heterocycles. The third kappa shape index (κ3) is 4.25. The first-order valence-corrected chi connectivity index (χ1v) is 11.4. The Labute approximate surface area is 191 Å². The molecule has 2 aliphatic rings. The number of amides is 2. The van der Waals surface area contributed by atoms with E-state index in [-0.39, 0.29) is 23.5 Å². The molecule has 1 unspecified atom stereocenters. The smallest absolute Gasteiger partial charge is 0.274 e. The number of anilines is 1. The molecule has 7 nitrogen and oxygen atoms in total. The summed E-state index contributed by atoms with van der Waals surface area (Å²) in [6.07, 6.45) is 5.79. The number of nitrogens with zero attached hydrogens (tertiary/aromatic N) is 4. The molecule has 2 aromatic heterocycles. The Balaban J connectivity index is 1.34. The zero-order valence-electron chi connectivity index (χ0n) is 18.6. The van der Waals surface area contributed by atoms with Gasteiger partial charge < -0.3 is 10.2 Å². The number of pyridine rings is 1. The van der Waals surface area contributed by atoms with Crippen molar-refractivity contribution >= 4 is 17.6 Å². The van der Waals surface area contributed by atoms with Crippen LogP contribution in [0.3, 0.4) is 0 Å². The van der Waals surface area contributed by atoms with Gasteiger partial charge in [0.25, 0.3) is 5.91 Å². The summed E-state index contributed by atoms with van der Waals surface area (Å²) >= 11 is 0. The largest absolute Gasteiger partial charge is 0.336 e. The molecule has 8 heteroatoms. The lowest BCUT2D eigenvalue weighted by atomic mass is 9.96. The van der Waals surface area contributed by atoms with Crippen molar-refractivity contribution in [1.29, 1.82) is 0 Å². The number of likely N-dealkylation sites (tertiary alicyclic amines) is 1. The molecule has 0 saturated carbocycles. The molecule has 170 valence electrons. The summed E-state index contributed by atoms with van der Waals surface area (Å²) in [6.45, 7) is 2.90. The van der Waals surface area contributed by atoms with E-state index in [0.29, 0.717) is 24.6 Å². The minimum absolute atomic E-state index is 0.120. The number of aryl methyl sites for hydroxylation is 1. The third-order valence-corrected chi connectivity index (χ3v) is 6.45. The average molecular weight is 448 g/mol. The Morgan fingerprint density at radius 2 is 1.91 bits per heavy atom. The van der Waals surface area contributed by atoms with Gasteiger partial charge in [0, 0.05) is 30.5 Å². The molecule has 1 saturated heterocycles. The molecule has 0 spiro atoms. The van der Waals surface area contributed by atoms with E-state index in [1.165, 1.54) is 12.1 Å². The van der Waals surface area contributed by atoms with Gasteiger partial charge in [-0.05, 0) is 74.9 Å². The normalized spacial score (nSPS) is 17.6. The number of aromatic nitrogens is 3. The predicted octanol–water partition coefficient (Wildman–Crippen LogP) is 3.69. The molecule has 33 heavy (non-hydrogen) atoms. The van der Waals surface area contributed by atoms with Crippen molar-refractivity contribution in [2.24, 2.45) is 5.92 Å². The van der Waals surface area contributed by atoms with Gasteiger partial charge in [-0.25, -0.2) is 14.1 Å². The van der Waals surface area contributed by atoms with Gasteiger partial charge >= 0.3 is 0 Å². The minimum Gasteiger partial charge on any atom is -0.336 e. The zero-order valence-corrected chi connectivity index (χ0v) is 18.6. The lowest BCUT2D eigenvalue weighted by molar-refractivity contribution is -0.121. The van der Waals surface area contributed by atoms with Crippen molar-refractivity contribution < 1.29 is 14.0 Å². The number of carbonyl (C=O) groups is 2. The fourth-order valence-electron chi connectivity index (χ4n) is 4.70. The topological polar surface area (TPSA) is 80.1 Å². The summed E-state index contributed by atoms with van der Waals surface area (Å²) in [7, 11) is 0. The van der Waals surface area contributed by atoms with Crippen molar-refractivity contribution in [3.8, 4) is 5.69 Å². The van der Waals surface area contributed by atoms with E-state index < -0.39 is 0 Å². The lowest BCUT2D eigenvalue weighted by Gasteiger charge is -2.31. The number of nitrogens with one attached hydrogen (secondary N) is 1. The Bertz CT molecular complexity index is 1190. The van der Waals surface area contributed by atoms with Crippen LogP contribution >= 0.6 is 0 Å². The Morgan fingerprint density at radius 3 is 2.67 bits per heavy atom. The molecule has 3 aromatic rings. The van der Waals surface area contributed by atoms with Crippen LogP contribution in [0.25, 0.3) is 5.69 Å². The van der Waals surface area contributed by atoms with Gasteiger partial charge in [0.05, 0.1) is 11.6 Å². The number of halogens is 1. The zero-order chi connectivity index (χ0) is 22.9. The molecular formula is C25H26FN5O2. The molecule has 1 aromatic carbocycles. The van der Waals surface area contributed by atoms with Crippen LogP contribution in [-0.4, -0.2) is 44.6 Å². The standard InChI is InChI=1S/C25H26FN5O2/c1-16-7-12-22(27-14-16)28-24(32)17-4-3-13-30(15-17)25(33)23-20-5-2-6-21(20)31(29-23)19-10-8-18(26)9-11-19/h7-12,14,17H,2-6,13,15H2,1H3,(H,27,28,32). The summed E-state index contributed by atoms with van der Waals surface area (Å²) in [5.41, 5.74) is 4.21. The maximum atomic E-state index is 13.5. The quantitative estimate of drug-likeness (QED) is 0.662. The van der Waals surface area contributed by atoms with Crippen LogP contribution in [-0.2, 0) is 17.6 Å². The fourth-order valence-corrected chi connectivity index (χ4v) is 4.70. The number of benzene rings is 1. The summed E-state index contributed by atoms with van der Waals surface area (Å²) in [5, 5.41) is 7.52. The van der Waals surface area contributed by atoms with Crippen molar-refractivity contribution in [3.63, 3.8) is 0 Å². The van der Waals surface area contributed by atoms with E-state index in [2.05, 4.69) is 15.4 Å². The first-order chi connectivity index (χ1) is 16.0. The van der Waals surface area contributed by atoms with Crippen LogP contribution in [0.15, 0.2) is 42.6 Å².